The monoisotopic (exact) mass is 226 g/mol. The van der Waals surface area contributed by atoms with Gasteiger partial charge in [-0.3, -0.25) is 4.79 Å². The first-order valence-corrected chi connectivity index (χ1v) is 5.16. The Labute approximate surface area is 95.0 Å². The van der Waals surface area contributed by atoms with Crippen molar-refractivity contribution in [3.05, 3.63) is 11.8 Å². The summed E-state index contributed by atoms with van der Waals surface area (Å²) in [6, 6.07) is 1.68. The highest BCUT2D eigenvalue weighted by Crippen LogP contribution is 2.05. The summed E-state index contributed by atoms with van der Waals surface area (Å²) in [6.07, 6.45) is 0. The number of likely N-dealkylation sites (N-methyl/N-ethyl adjacent to an activating group) is 1. The van der Waals surface area contributed by atoms with Crippen LogP contribution in [0, 0.1) is 6.92 Å². The van der Waals surface area contributed by atoms with E-state index in [1.807, 2.05) is 19.0 Å². The lowest BCUT2D eigenvalue weighted by molar-refractivity contribution is -0.115. The van der Waals surface area contributed by atoms with Gasteiger partial charge in [0.1, 0.15) is 5.76 Å². The SMILES string of the molecule is Cc1cc(NC(=O)CNCCN(C)C)no1. The maximum Gasteiger partial charge on any atom is 0.239 e. The number of rotatable bonds is 6. The van der Waals surface area contributed by atoms with Crippen LogP contribution in [0.2, 0.25) is 0 Å². The molecule has 1 aromatic rings. The Hall–Kier alpha value is -1.40. The van der Waals surface area contributed by atoms with E-state index in [9.17, 15) is 4.79 Å². The summed E-state index contributed by atoms with van der Waals surface area (Å²) in [4.78, 5) is 13.4. The number of nitrogens with zero attached hydrogens (tertiary/aromatic N) is 2. The molecule has 1 amide bonds. The van der Waals surface area contributed by atoms with E-state index >= 15 is 0 Å². The normalized spacial score (nSPS) is 10.8. The van der Waals surface area contributed by atoms with Crippen molar-refractivity contribution in [1.29, 1.82) is 0 Å². The standard InChI is InChI=1S/C10H18N4O2/c1-8-6-9(13-16-8)12-10(15)7-11-4-5-14(2)3/h6,11H,4-5,7H2,1-3H3,(H,12,13,15). The van der Waals surface area contributed by atoms with E-state index in [1.165, 1.54) is 0 Å². The molecule has 1 rings (SSSR count). The van der Waals surface area contributed by atoms with E-state index in [0.717, 1.165) is 13.1 Å². The fourth-order valence-electron chi connectivity index (χ4n) is 1.12. The molecule has 0 bridgehead atoms. The van der Waals surface area contributed by atoms with Crippen LogP contribution < -0.4 is 10.6 Å². The second-order valence-electron chi connectivity index (χ2n) is 3.85. The molecule has 6 heteroatoms. The highest BCUT2D eigenvalue weighted by atomic mass is 16.5. The number of amides is 1. The van der Waals surface area contributed by atoms with Gasteiger partial charge >= 0.3 is 0 Å². The molecule has 0 aliphatic rings. The zero-order chi connectivity index (χ0) is 12.0. The highest BCUT2D eigenvalue weighted by Gasteiger charge is 2.05. The highest BCUT2D eigenvalue weighted by molar-refractivity contribution is 5.91. The minimum absolute atomic E-state index is 0.118. The van der Waals surface area contributed by atoms with Crippen LogP contribution in [-0.4, -0.2) is 49.7 Å². The van der Waals surface area contributed by atoms with Crippen molar-refractivity contribution < 1.29 is 9.32 Å². The van der Waals surface area contributed by atoms with Gasteiger partial charge in [-0.2, -0.15) is 0 Å². The Kier molecular flexibility index (Phi) is 4.94. The van der Waals surface area contributed by atoms with Crippen LogP contribution in [0.25, 0.3) is 0 Å². The van der Waals surface area contributed by atoms with Crippen molar-refractivity contribution >= 4 is 11.7 Å². The predicted molar refractivity (Wildman–Crippen MR) is 61.3 cm³/mol. The first-order chi connectivity index (χ1) is 7.58. The average molecular weight is 226 g/mol. The lowest BCUT2D eigenvalue weighted by Crippen LogP contribution is -2.33. The maximum atomic E-state index is 11.4. The molecule has 0 radical (unpaired) electrons. The van der Waals surface area contributed by atoms with Crippen LogP contribution in [0.5, 0.6) is 0 Å². The van der Waals surface area contributed by atoms with Crippen LogP contribution >= 0.6 is 0 Å². The first kappa shape index (κ1) is 12.7. The molecular weight excluding hydrogens is 208 g/mol. The van der Waals surface area contributed by atoms with Crippen LogP contribution in [0.4, 0.5) is 5.82 Å². The predicted octanol–water partition coefficient (Wildman–Crippen LogP) is 0.0727. The van der Waals surface area contributed by atoms with Crippen LogP contribution in [0.1, 0.15) is 5.76 Å². The molecule has 1 heterocycles. The summed E-state index contributed by atoms with van der Waals surface area (Å²) < 4.78 is 4.83. The largest absolute Gasteiger partial charge is 0.360 e. The molecule has 0 atom stereocenters. The van der Waals surface area contributed by atoms with Gasteiger partial charge in [0.2, 0.25) is 5.91 Å². The minimum atomic E-state index is -0.118. The molecule has 0 aliphatic carbocycles. The number of carbonyl (C=O) groups excluding carboxylic acids is 1. The quantitative estimate of drug-likeness (QED) is 0.672. The van der Waals surface area contributed by atoms with Gasteiger partial charge in [0, 0.05) is 19.2 Å². The molecule has 0 aromatic carbocycles. The minimum Gasteiger partial charge on any atom is -0.360 e. The number of aryl methyl sites for hydroxylation is 1. The van der Waals surface area contributed by atoms with E-state index in [-0.39, 0.29) is 12.5 Å². The third-order valence-corrected chi connectivity index (χ3v) is 1.92. The fraction of sp³-hybridized carbons (Fsp3) is 0.600. The zero-order valence-electron chi connectivity index (χ0n) is 9.91. The number of hydrogen-bond donors (Lipinski definition) is 2. The molecule has 0 aliphatic heterocycles. The molecule has 0 fully saturated rings. The molecule has 90 valence electrons. The topological polar surface area (TPSA) is 70.4 Å². The Morgan fingerprint density at radius 2 is 2.31 bits per heavy atom. The second-order valence-corrected chi connectivity index (χ2v) is 3.85. The molecule has 16 heavy (non-hydrogen) atoms. The summed E-state index contributed by atoms with van der Waals surface area (Å²) in [6.45, 7) is 3.73. The first-order valence-electron chi connectivity index (χ1n) is 5.16. The Morgan fingerprint density at radius 3 is 2.88 bits per heavy atom. The van der Waals surface area contributed by atoms with Crippen molar-refractivity contribution in [3.8, 4) is 0 Å². The lowest BCUT2D eigenvalue weighted by atomic mass is 10.4. The van der Waals surface area contributed by atoms with Crippen molar-refractivity contribution in [2.45, 2.75) is 6.92 Å². The van der Waals surface area contributed by atoms with Crippen molar-refractivity contribution in [1.82, 2.24) is 15.4 Å². The fourth-order valence-corrected chi connectivity index (χ4v) is 1.12. The van der Waals surface area contributed by atoms with E-state index in [2.05, 4.69) is 15.8 Å². The number of carbonyl (C=O) groups is 1. The number of anilines is 1. The number of hydrogen-bond acceptors (Lipinski definition) is 5. The Bertz CT molecular complexity index is 335. The molecule has 1 aromatic heterocycles. The second kappa shape index (κ2) is 6.24. The summed E-state index contributed by atoms with van der Waals surface area (Å²) in [7, 11) is 3.97. The third kappa shape index (κ3) is 4.90. The third-order valence-electron chi connectivity index (χ3n) is 1.92. The van der Waals surface area contributed by atoms with Crippen LogP contribution in [0.15, 0.2) is 10.6 Å². The van der Waals surface area contributed by atoms with E-state index in [0.29, 0.717) is 11.6 Å². The zero-order valence-corrected chi connectivity index (χ0v) is 9.91. The van der Waals surface area contributed by atoms with Crippen molar-refractivity contribution in [3.63, 3.8) is 0 Å². The smallest absolute Gasteiger partial charge is 0.239 e. The lowest BCUT2D eigenvalue weighted by Gasteiger charge is -2.09. The van der Waals surface area contributed by atoms with Gasteiger partial charge in [-0.15, -0.1) is 0 Å². The molecule has 6 nitrogen and oxygen atoms in total. The van der Waals surface area contributed by atoms with Crippen molar-refractivity contribution in [2.75, 3.05) is 39.0 Å². The Balaban J connectivity index is 2.16. The molecular formula is C10H18N4O2. The molecule has 0 unspecified atom stereocenters. The summed E-state index contributed by atoms with van der Waals surface area (Å²) in [5, 5.41) is 9.33. The van der Waals surface area contributed by atoms with E-state index < -0.39 is 0 Å². The van der Waals surface area contributed by atoms with E-state index in [1.54, 1.807) is 13.0 Å². The van der Waals surface area contributed by atoms with Gasteiger partial charge < -0.3 is 20.1 Å². The number of nitrogens with one attached hydrogen (secondary N) is 2. The summed E-state index contributed by atoms with van der Waals surface area (Å²) >= 11 is 0. The number of aromatic nitrogens is 1. The van der Waals surface area contributed by atoms with Gasteiger partial charge in [-0.1, -0.05) is 5.16 Å². The van der Waals surface area contributed by atoms with E-state index in [4.69, 9.17) is 4.52 Å². The molecule has 2 N–H and O–H groups in total. The van der Waals surface area contributed by atoms with Gasteiger partial charge in [-0.25, -0.2) is 0 Å². The average Bonchev–Trinajstić information content (AvgIpc) is 2.58. The summed E-state index contributed by atoms with van der Waals surface area (Å²) in [5.41, 5.74) is 0. The van der Waals surface area contributed by atoms with Crippen LogP contribution in [-0.2, 0) is 4.79 Å². The van der Waals surface area contributed by atoms with Crippen molar-refractivity contribution in [2.24, 2.45) is 0 Å². The molecule has 0 saturated heterocycles. The van der Waals surface area contributed by atoms with Gasteiger partial charge in [0.25, 0.3) is 0 Å². The molecule has 0 saturated carbocycles. The summed E-state index contributed by atoms with van der Waals surface area (Å²) in [5.74, 6) is 1.01. The van der Waals surface area contributed by atoms with Gasteiger partial charge in [0.15, 0.2) is 5.82 Å². The Morgan fingerprint density at radius 1 is 1.56 bits per heavy atom. The van der Waals surface area contributed by atoms with Crippen LogP contribution in [0.3, 0.4) is 0 Å². The van der Waals surface area contributed by atoms with Gasteiger partial charge in [-0.05, 0) is 21.0 Å². The maximum absolute atomic E-state index is 11.4. The molecule has 0 spiro atoms. The van der Waals surface area contributed by atoms with Gasteiger partial charge in [0.05, 0.1) is 6.54 Å².